The number of hydrazone groups is 1. The Hall–Kier alpha value is -2.18. The van der Waals surface area contributed by atoms with Gasteiger partial charge in [0.05, 0.1) is 6.21 Å². The lowest BCUT2D eigenvalue weighted by Crippen LogP contribution is -2.32. The van der Waals surface area contributed by atoms with Crippen molar-refractivity contribution in [2.24, 2.45) is 5.10 Å². The van der Waals surface area contributed by atoms with E-state index in [0.29, 0.717) is 10.7 Å². The van der Waals surface area contributed by atoms with E-state index in [1.54, 1.807) is 18.2 Å². The summed E-state index contributed by atoms with van der Waals surface area (Å²) < 4.78 is 0.891. The van der Waals surface area contributed by atoms with Crippen molar-refractivity contribution in [1.29, 1.82) is 0 Å². The molecule has 0 radical (unpaired) electrons. The van der Waals surface area contributed by atoms with E-state index in [9.17, 15) is 9.59 Å². The molecule has 0 aromatic heterocycles. The van der Waals surface area contributed by atoms with Crippen LogP contribution in [0.15, 0.2) is 52.0 Å². The van der Waals surface area contributed by atoms with Gasteiger partial charge in [0.2, 0.25) is 0 Å². The van der Waals surface area contributed by atoms with Crippen LogP contribution in [0.1, 0.15) is 11.1 Å². The topological polar surface area (TPSA) is 70.6 Å². The summed E-state index contributed by atoms with van der Waals surface area (Å²) >= 11 is 9.29. The zero-order valence-corrected chi connectivity index (χ0v) is 14.5. The van der Waals surface area contributed by atoms with Crippen molar-refractivity contribution in [3.8, 4) is 0 Å². The van der Waals surface area contributed by atoms with Crippen molar-refractivity contribution in [3.63, 3.8) is 0 Å². The van der Waals surface area contributed by atoms with Crippen LogP contribution in [0.5, 0.6) is 0 Å². The third-order valence-electron chi connectivity index (χ3n) is 2.86. The van der Waals surface area contributed by atoms with Gasteiger partial charge in [0.15, 0.2) is 0 Å². The number of carbonyl (C=O) groups excluding carboxylic acids is 2. The molecule has 0 aliphatic rings. The van der Waals surface area contributed by atoms with Gasteiger partial charge in [-0.15, -0.1) is 0 Å². The molecule has 2 N–H and O–H groups in total. The maximum atomic E-state index is 11.8. The molecule has 2 aromatic carbocycles. The summed E-state index contributed by atoms with van der Waals surface area (Å²) in [6.07, 6.45) is 1.44. The quantitative estimate of drug-likeness (QED) is 0.475. The fraction of sp³-hybridized carbons (Fsp3) is 0.0625. The van der Waals surface area contributed by atoms with Gasteiger partial charge in [-0.05, 0) is 42.3 Å². The van der Waals surface area contributed by atoms with Crippen LogP contribution in [-0.2, 0) is 9.59 Å². The second kappa shape index (κ2) is 7.89. The maximum absolute atomic E-state index is 11.8. The number of benzene rings is 2. The normalized spacial score (nSPS) is 10.6. The fourth-order valence-electron chi connectivity index (χ4n) is 1.66. The lowest BCUT2D eigenvalue weighted by atomic mass is 10.2. The van der Waals surface area contributed by atoms with Crippen molar-refractivity contribution in [2.45, 2.75) is 6.92 Å². The van der Waals surface area contributed by atoms with Gasteiger partial charge in [-0.3, -0.25) is 9.59 Å². The van der Waals surface area contributed by atoms with Gasteiger partial charge >= 0.3 is 11.8 Å². The summed E-state index contributed by atoms with van der Waals surface area (Å²) in [6.45, 7) is 1.84. The molecular formula is C16H13BrClN3O2. The number of aryl methyl sites for hydroxylation is 1. The smallest absolute Gasteiger partial charge is 0.318 e. The molecule has 0 unspecified atom stereocenters. The molecule has 5 nitrogen and oxygen atoms in total. The van der Waals surface area contributed by atoms with Crippen LogP contribution in [0.4, 0.5) is 5.69 Å². The summed E-state index contributed by atoms with van der Waals surface area (Å²) in [4.78, 5) is 23.4. The average Bonchev–Trinajstić information content (AvgIpc) is 2.51. The highest BCUT2D eigenvalue weighted by molar-refractivity contribution is 9.10. The molecule has 0 aliphatic carbocycles. The monoisotopic (exact) mass is 393 g/mol. The SMILES string of the molecule is Cc1ccc(NC(=O)C(=O)NN=Cc2cccc(Br)c2)cc1Cl. The zero-order valence-electron chi connectivity index (χ0n) is 12.1. The number of nitrogens with zero attached hydrogens (tertiary/aromatic N) is 1. The van der Waals surface area contributed by atoms with E-state index < -0.39 is 11.8 Å². The lowest BCUT2D eigenvalue weighted by molar-refractivity contribution is -0.136. The Morgan fingerprint density at radius 2 is 1.96 bits per heavy atom. The van der Waals surface area contributed by atoms with Crippen molar-refractivity contribution in [2.75, 3.05) is 5.32 Å². The van der Waals surface area contributed by atoms with E-state index in [4.69, 9.17) is 11.6 Å². The second-order valence-electron chi connectivity index (χ2n) is 4.67. The molecular weight excluding hydrogens is 382 g/mol. The van der Waals surface area contributed by atoms with E-state index >= 15 is 0 Å². The van der Waals surface area contributed by atoms with Gasteiger partial charge in [0.1, 0.15) is 0 Å². The van der Waals surface area contributed by atoms with E-state index in [2.05, 4.69) is 31.8 Å². The number of rotatable bonds is 3. The summed E-state index contributed by atoms with van der Waals surface area (Å²) in [7, 11) is 0. The first-order chi connectivity index (χ1) is 11.0. The molecule has 0 saturated carbocycles. The summed E-state index contributed by atoms with van der Waals surface area (Å²) in [5, 5.41) is 6.71. The predicted octanol–water partition coefficient (Wildman–Crippen LogP) is 3.50. The molecule has 0 heterocycles. The van der Waals surface area contributed by atoms with Gasteiger partial charge < -0.3 is 5.32 Å². The summed E-state index contributed by atoms with van der Waals surface area (Å²) in [5.41, 5.74) is 4.27. The number of carbonyl (C=O) groups is 2. The minimum atomic E-state index is -0.868. The van der Waals surface area contributed by atoms with Gasteiger partial charge in [-0.25, -0.2) is 5.43 Å². The van der Waals surface area contributed by atoms with Crippen LogP contribution in [0.3, 0.4) is 0 Å². The van der Waals surface area contributed by atoms with Gasteiger partial charge in [-0.2, -0.15) is 5.10 Å². The molecule has 0 spiro atoms. The highest BCUT2D eigenvalue weighted by Gasteiger charge is 2.13. The predicted molar refractivity (Wildman–Crippen MR) is 94.7 cm³/mol. The Morgan fingerprint density at radius 3 is 2.65 bits per heavy atom. The van der Waals surface area contributed by atoms with Crippen molar-refractivity contribution in [1.82, 2.24) is 5.43 Å². The first kappa shape index (κ1) is 17.2. The third kappa shape index (κ3) is 5.19. The molecule has 118 valence electrons. The number of hydrogen-bond donors (Lipinski definition) is 2. The minimum Gasteiger partial charge on any atom is -0.318 e. The fourth-order valence-corrected chi connectivity index (χ4v) is 2.26. The Balaban J connectivity index is 1.92. The molecule has 0 saturated heterocycles. The van der Waals surface area contributed by atoms with Crippen molar-refractivity contribution in [3.05, 3.63) is 63.1 Å². The molecule has 0 fully saturated rings. The highest BCUT2D eigenvalue weighted by Crippen LogP contribution is 2.19. The average molecular weight is 395 g/mol. The number of halogens is 2. The van der Waals surface area contributed by atoms with Gasteiger partial charge in [-0.1, -0.05) is 45.7 Å². The second-order valence-corrected chi connectivity index (χ2v) is 6.00. The summed E-state index contributed by atoms with van der Waals surface area (Å²) in [6, 6.07) is 12.3. The zero-order chi connectivity index (χ0) is 16.8. The summed E-state index contributed by atoms with van der Waals surface area (Å²) in [5.74, 6) is -1.69. The van der Waals surface area contributed by atoms with Gasteiger partial charge in [0.25, 0.3) is 0 Å². The van der Waals surface area contributed by atoms with E-state index in [-0.39, 0.29) is 0 Å². The lowest BCUT2D eigenvalue weighted by Gasteiger charge is -2.05. The van der Waals surface area contributed by atoms with Crippen LogP contribution in [-0.4, -0.2) is 18.0 Å². The van der Waals surface area contributed by atoms with Crippen LogP contribution in [0.25, 0.3) is 0 Å². The van der Waals surface area contributed by atoms with Crippen LogP contribution in [0, 0.1) is 6.92 Å². The van der Waals surface area contributed by atoms with Crippen molar-refractivity contribution >= 4 is 51.2 Å². The highest BCUT2D eigenvalue weighted by atomic mass is 79.9. The number of anilines is 1. The van der Waals surface area contributed by atoms with Gasteiger partial charge in [0, 0.05) is 15.2 Å². The maximum Gasteiger partial charge on any atom is 0.329 e. The molecule has 2 aromatic rings. The number of nitrogens with one attached hydrogen (secondary N) is 2. The van der Waals surface area contributed by atoms with Crippen LogP contribution < -0.4 is 10.7 Å². The molecule has 0 bridgehead atoms. The standard InChI is InChI=1S/C16H13BrClN3O2/c1-10-5-6-13(8-14(10)18)20-15(22)16(23)21-19-9-11-3-2-4-12(17)7-11/h2-9H,1H3,(H,20,22)(H,21,23). The Bertz CT molecular complexity index is 778. The molecule has 7 heteroatoms. The van der Waals surface area contributed by atoms with E-state index in [0.717, 1.165) is 15.6 Å². The molecule has 2 rings (SSSR count). The Kier molecular flexibility index (Phi) is 5.90. The Morgan fingerprint density at radius 1 is 1.17 bits per heavy atom. The van der Waals surface area contributed by atoms with E-state index in [1.165, 1.54) is 6.21 Å². The number of hydrogen-bond acceptors (Lipinski definition) is 3. The Labute approximate surface area is 146 Å². The van der Waals surface area contributed by atoms with E-state index in [1.807, 2.05) is 31.2 Å². The third-order valence-corrected chi connectivity index (χ3v) is 3.76. The first-order valence-electron chi connectivity index (χ1n) is 6.62. The number of amides is 2. The molecule has 23 heavy (non-hydrogen) atoms. The van der Waals surface area contributed by atoms with Crippen LogP contribution >= 0.6 is 27.5 Å². The van der Waals surface area contributed by atoms with Crippen molar-refractivity contribution < 1.29 is 9.59 Å². The van der Waals surface area contributed by atoms with Crippen LogP contribution in [0.2, 0.25) is 5.02 Å². The molecule has 0 aliphatic heterocycles. The minimum absolute atomic E-state index is 0.441. The molecule has 2 amide bonds. The largest absolute Gasteiger partial charge is 0.329 e. The first-order valence-corrected chi connectivity index (χ1v) is 7.79. The molecule has 0 atom stereocenters.